The van der Waals surface area contributed by atoms with Gasteiger partial charge in [0.2, 0.25) is 0 Å². The van der Waals surface area contributed by atoms with Crippen molar-refractivity contribution in [1.82, 2.24) is 15.2 Å². The molecule has 0 fully saturated rings. The first-order valence-electron chi connectivity index (χ1n) is 8.35. The number of fused-ring (bicyclic) bond motifs is 1. The van der Waals surface area contributed by atoms with Gasteiger partial charge in [-0.3, -0.25) is 0 Å². The third-order valence-corrected chi connectivity index (χ3v) is 5.75. The Bertz CT molecular complexity index is 1040. The zero-order chi connectivity index (χ0) is 17.8. The van der Waals surface area contributed by atoms with Gasteiger partial charge in [-0.1, -0.05) is 84.6 Å². The lowest BCUT2D eigenvalue weighted by Crippen LogP contribution is -1.92. The molecule has 3 nitrogen and oxygen atoms in total. The van der Waals surface area contributed by atoms with Gasteiger partial charge in [0.05, 0.1) is 9.71 Å². The van der Waals surface area contributed by atoms with Gasteiger partial charge in [-0.25, -0.2) is 4.98 Å². The number of thioether (sulfide) groups is 1. The monoisotopic (exact) mass is 375 g/mol. The van der Waals surface area contributed by atoms with Gasteiger partial charge in [-0.05, 0) is 12.5 Å². The predicted molar refractivity (Wildman–Crippen MR) is 112 cm³/mol. The van der Waals surface area contributed by atoms with Gasteiger partial charge in [0.1, 0.15) is 16.2 Å². The third-order valence-electron chi connectivity index (χ3n) is 3.87. The Morgan fingerprint density at radius 1 is 0.962 bits per heavy atom. The molecule has 0 aliphatic carbocycles. The lowest BCUT2D eigenvalue weighted by Gasteiger charge is -2.04. The van der Waals surface area contributed by atoms with Crippen LogP contribution >= 0.6 is 23.1 Å². The van der Waals surface area contributed by atoms with Crippen LogP contribution in [0.25, 0.3) is 27.6 Å². The van der Waals surface area contributed by atoms with Crippen molar-refractivity contribution in [3.05, 3.63) is 77.3 Å². The Labute approximate surface area is 160 Å². The number of nitrogens with zero attached hydrogens (tertiary/aromatic N) is 3. The fourth-order valence-corrected chi connectivity index (χ4v) is 4.40. The molecule has 2 aromatic carbocycles. The van der Waals surface area contributed by atoms with Gasteiger partial charge in [0.15, 0.2) is 0 Å². The summed E-state index contributed by atoms with van der Waals surface area (Å²) in [5, 5.41) is 10.9. The zero-order valence-electron chi connectivity index (χ0n) is 14.3. The first-order chi connectivity index (χ1) is 12.8. The molecule has 128 valence electrons. The minimum absolute atomic E-state index is 0.833. The van der Waals surface area contributed by atoms with Crippen LogP contribution in [0.2, 0.25) is 0 Å². The van der Waals surface area contributed by atoms with Crippen molar-refractivity contribution in [2.45, 2.75) is 11.9 Å². The van der Waals surface area contributed by atoms with Crippen molar-refractivity contribution in [3.8, 4) is 11.3 Å². The molecule has 26 heavy (non-hydrogen) atoms. The summed E-state index contributed by atoms with van der Waals surface area (Å²) in [5.41, 5.74) is 4.15. The van der Waals surface area contributed by atoms with Gasteiger partial charge < -0.3 is 0 Å². The zero-order valence-corrected chi connectivity index (χ0v) is 15.9. The molecule has 0 bridgehead atoms. The highest BCUT2D eigenvalue weighted by Gasteiger charge is 2.15. The molecule has 0 atom stereocenters. The SMILES string of the molecule is Cc1nc2c(SC/C=C/c3ccccc3)nnc(-c3ccccc3)c2s1. The molecule has 0 saturated carbocycles. The van der Waals surface area contributed by atoms with Crippen molar-refractivity contribution < 1.29 is 0 Å². The maximum atomic E-state index is 4.71. The van der Waals surface area contributed by atoms with Crippen molar-refractivity contribution >= 4 is 39.4 Å². The Morgan fingerprint density at radius 2 is 1.69 bits per heavy atom. The molecular formula is C21H17N3S2. The Kier molecular flexibility index (Phi) is 5.09. The van der Waals surface area contributed by atoms with Gasteiger partial charge in [0, 0.05) is 11.3 Å². The second kappa shape index (κ2) is 7.81. The minimum Gasteiger partial charge on any atom is -0.238 e. The Balaban J connectivity index is 1.60. The summed E-state index contributed by atoms with van der Waals surface area (Å²) in [6, 6.07) is 20.5. The van der Waals surface area contributed by atoms with Crippen LogP contribution in [0.4, 0.5) is 0 Å². The maximum Gasteiger partial charge on any atom is 0.146 e. The molecule has 0 spiro atoms. The van der Waals surface area contributed by atoms with Crippen LogP contribution in [-0.4, -0.2) is 20.9 Å². The lowest BCUT2D eigenvalue weighted by molar-refractivity contribution is 0.956. The van der Waals surface area contributed by atoms with E-state index in [0.29, 0.717) is 0 Å². The molecule has 4 rings (SSSR count). The summed E-state index contributed by atoms with van der Waals surface area (Å²) >= 11 is 3.35. The van der Waals surface area contributed by atoms with E-state index in [4.69, 9.17) is 4.98 Å². The van der Waals surface area contributed by atoms with Gasteiger partial charge >= 0.3 is 0 Å². The molecule has 0 N–H and O–H groups in total. The van der Waals surface area contributed by atoms with Crippen LogP contribution in [0.15, 0.2) is 71.8 Å². The van der Waals surface area contributed by atoms with Gasteiger partial charge in [-0.2, -0.15) is 0 Å². The van der Waals surface area contributed by atoms with Crippen LogP contribution in [-0.2, 0) is 0 Å². The molecule has 0 aliphatic heterocycles. The predicted octanol–water partition coefficient (Wildman–Crippen LogP) is 5.87. The number of rotatable bonds is 5. The number of hydrogen-bond acceptors (Lipinski definition) is 5. The summed E-state index contributed by atoms with van der Waals surface area (Å²) < 4.78 is 1.11. The second-order valence-electron chi connectivity index (χ2n) is 5.75. The number of aryl methyl sites for hydroxylation is 1. The first kappa shape index (κ1) is 16.9. The molecule has 0 unspecified atom stereocenters. The number of benzene rings is 2. The van der Waals surface area contributed by atoms with E-state index in [1.165, 1.54) is 5.56 Å². The minimum atomic E-state index is 0.833. The van der Waals surface area contributed by atoms with Crippen molar-refractivity contribution in [2.24, 2.45) is 0 Å². The van der Waals surface area contributed by atoms with Crippen LogP contribution in [0, 0.1) is 6.92 Å². The summed E-state index contributed by atoms with van der Waals surface area (Å²) in [4.78, 5) is 4.71. The highest BCUT2D eigenvalue weighted by atomic mass is 32.2. The van der Waals surface area contributed by atoms with Crippen molar-refractivity contribution in [1.29, 1.82) is 0 Å². The van der Waals surface area contributed by atoms with E-state index >= 15 is 0 Å². The van der Waals surface area contributed by atoms with Crippen molar-refractivity contribution in [2.75, 3.05) is 5.75 Å². The van der Waals surface area contributed by atoms with Gasteiger partial charge in [0.25, 0.3) is 0 Å². The normalized spacial score (nSPS) is 11.4. The number of thiazole rings is 1. The van der Waals surface area contributed by atoms with E-state index in [1.54, 1.807) is 23.1 Å². The van der Waals surface area contributed by atoms with E-state index in [0.717, 1.165) is 37.3 Å². The molecular weight excluding hydrogens is 358 g/mol. The van der Waals surface area contributed by atoms with E-state index in [9.17, 15) is 0 Å². The van der Waals surface area contributed by atoms with E-state index in [-0.39, 0.29) is 0 Å². The Hall–Kier alpha value is -2.50. The standard InChI is InChI=1S/C21H17N3S2/c1-15-22-19-20(26-15)18(17-12-6-3-7-13-17)23-24-21(19)25-14-8-11-16-9-4-2-5-10-16/h2-13H,14H2,1H3/b11-8+. The molecule has 2 heterocycles. The first-order valence-corrected chi connectivity index (χ1v) is 10.1. The summed E-state index contributed by atoms with van der Waals surface area (Å²) in [7, 11) is 0. The highest BCUT2D eigenvalue weighted by Crippen LogP contribution is 2.35. The molecule has 4 aromatic rings. The summed E-state index contributed by atoms with van der Waals surface area (Å²) in [6.45, 7) is 2.03. The average Bonchev–Trinajstić information content (AvgIpc) is 3.08. The smallest absolute Gasteiger partial charge is 0.146 e. The summed E-state index contributed by atoms with van der Waals surface area (Å²) in [6.07, 6.45) is 4.28. The second-order valence-corrected chi connectivity index (χ2v) is 7.97. The largest absolute Gasteiger partial charge is 0.238 e. The highest BCUT2D eigenvalue weighted by molar-refractivity contribution is 7.99. The average molecular weight is 376 g/mol. The van der Waals surface area contributed by atoms with E-state index in [1.807, 2.05) is 43.3 Å². The quantitative estimate of drug-likeness (QED) is 0.409. The lowest BCUT2D eigenvalue weighted by atomic mass is 10.1. The fraction of sp³-hybridized carbons (Fsp3) is 0.0952. The third kappa shape index (κ3) is 3.69. The van der Waals surface area contributed by atoms with Gasteiger partial charge in [-0.15, -0.1) is 21.5 Å². The molecule has 2 aromatic heterocycles. The Morgan fingerprint density at radius 3 is 2.46 bits per heavy atom. The van der Waals surface area contributed by atoms with Crippen LogP contribution in [0.3, 0.4) is 0 Å². The number of hydrogen-bond donors (Lipinski definition) is 0. The fourth-order valence-electron chi connectivity index (χ4n) is 2.68. The maximum absolute atomic E-state index is 4.71. The van der Waals surface area contributed by atoms with E-state index in [2.05, 4.69) is 46.6 Å². The molecule has 0 aliphatic rings. The van der Waals surface area contributed by atoms with Crippen molar-refractivity contribution in [3.63, 3.8) is 0 Å². The van der Waals surface area contributed by atoms with E-state index < -0.39 is 0 Å². The molecule has 0 saturated heterocycles. The van der Waals surface area contributed by atoms with Crippen LogP contribution in [0.1, 0.15) is 10.6 Å². The number of aromatic nitrogens is 3. The molecule has 5 heteroatoms. The topological polar surface area (TPSA) is 38.7 Å². The molecule has 0 amide bonds. The molecule has 0 radical (unpaired) electrons. The van der Waals surface area contributed by atoms with Crippen LogP contribution in [0.5, 0.6) is 0 Å². The van der Waals surface area contributed by atoms with Crippen LogP contribution < -0.4 is 0 Å². The summed E-state index contributed by atoms with van der Waals surface area (Å²) in [5.74, 6) is 0.833.